The highest BCUT2D eigenvalue weighted by molar-refractivity contribution is 7.89. The zero-order chi connectivity index (χ0) is 23.0. The number of rotatable bonds is 11. The van der Waals surface area contributed by atoms with Crippen LogP contribution in [0.15, 0.2) is 42.5 Å². The van der Waals surface area contributed by atoms with Gasteiger partial charge in [0.25, 0.3) is 0 Å². The number of carbonyl (C=O) groups is 1. The molecule has 0 unspecified atom stereocenters. The number of sulfonamides is 1. The fraction of sp³-hybridized carbons (Fsp3) is 0.522. The molecule has 1 aromatic carbocycles. The molecule has 32 heavy (non-hydrogen) atoms. The van der Waals surface area contributed by atoms with Crippen molar-refractivity contribution in [3.8, 4) is 0 Å². The zero-order valence-electron chi connectivity index (χ0n) is 18.9. The van der Waals surface area contributed by atoms with E-state index in [1.807, 2.05) is 49.4 Å². The van der Waals surface area contributed by atoms with Crippen LogP contribution in [0.4, 0.5) is 0 Å². The third kappa shape index (κ3) is 7.38. The number of morpholine rings is 1. The number of amides is 1. The SMILES string of the molecule is CCS(=O)(=O)N(CCN1CCOCC1)CC(=O)N(Cc1ccccc1)Cc1ccc(C)s1. The summed E-state index contributed by atoms with van der Waals surface area (Å²) < 4.78 is 32.3. The Morgan fingerprint density at radius 2 is 1.81 bits per heavy atom. The summed E-state index contributed by atoms with van der Waals surface area (Å²) in [4.78, 5) is 19.6. The number of benzene rings is 1. The fourth-order valence-corrected chi connectivity index (χ4v) is 5.56. The van der Waals surface area contributed by atoms with Gasteiger partial charge in [0.15, 0.2) is 0 Å². The van der Waals surface area contributed by atoms with Gasteiger partial charge in [-0.3, -0.25) is 9.69 Å². The lowest BCUT2D eigenvalue weighted by atomic mass is 10.2. The molecule has 0 bridgehead atoms. The van der Waals surface area contributed by atoms with Crippen LogP contribution in [0, 0.1) is 6.92 Å². The summed E-state index contributed by atoms with van der Waals surface area (Å²) in [6.45, 7) is 8.22. The summed E-state index contributed by atoms with van der Waals surface area (Å²) in [6, 6.07) is 13.9. The van der Waals surface area contributed by atoms with E-state index >= 15 is 0 Å². The van der Waals surface area contributed by atoms with E-state index in [2.05, 4.69) is 4.90 Å². The Hall–Kier alpha value is -1.78. The molecule has 0 radical (unpaired) electrons. The third-order valence-corrected chi connectivity index (χ3v) is 8.36. The number of thiophene rings is 1. The molecule has 0 atom stereocenters. The van der Waals surface area contributed by atoms with Gasteiger partial charge in [0, 0.05) is 42.5 Å². The number of hydrogen-bond acceptors (Lipinski definition) is 6. The molecule has 2 aromatic rings. The lowest BCUT2D eigenvalue weighted by molar-refractivity contribution is -0.132. The van der Waals surface area contributed by atoms with Crippen molar-refractivity contribution in [2.24, 2.45) is 0 Å². The highest BCUT2D eigenvalue weighted by Crippen LogP contribution is 2.19. The Bertz CT molecular complexity index is 957. The normalized spacial score (nSPS) is 15.2. The molecule has 1 aliphatic heterocycles. The maximum atomic E-state index is 13.4. The van der Waals surface area contributed by atoms with Gasteiger partial charge in [0.05, 0.1) is 32.1 Å². The van der Waals surface area contributed by atoms with E-state index in [9.17, 15) is 13.2 Å². The van der Waals surface area contributed by atoms with Crippen LogP contribution in [0.1, 0.15) is 22.2 Å². The minimum absolute atomic E-state index is 0.0216. The van der Waals surface area contributed by atoms with Crippen LogP contribution in [-0.4, -0.2) is 80.1 Å². The van der Waals surface area contributed by atoms with Crippen molar-refractivity contribution >= 4 is 27.3 Å². The van der Waals surface area contributed by atoms with E-state index in [-0.39, 0.29) is 18.2 Å². The van der Waals surface area contributed by atoms with E-state index in [0.29, 0.717) is 39.4 Å². The Labute approximate surface area is 195 Å². The Morgan fingerprint density at radius 3 is 2.44 bits per heavy atom. The zero-order valence-corrected chi connectivity index (χ0v) is 20.5. The molecule has 0 aliphatic carbocycles. The van der Waals surface area contributed by atoms with Crippen molar-refractivity contribution in [2.75, 3.05) is 51.7 Å². The second kappa shape index (κ2) is 11.9. The van der Waals surface area contributed by atoms with Gasteiger partial charge >= 0.3 is 0 Å². The molecule has 3 rings (SSSR count). The van der Waals surface area contributed by atoms with Gasteiger partial charge in [-0.15, -0.1) is 11.3 Å². The Morgan fingerprint density at radius 1 is 1.09 bits per heavy atom. The minimum Gasteiger partial charge on any atom is -0.379 e. The standard InChI is InChI=1S/C23H33N3O4S2/c1-3-32(28,29)26(12-11-24-13-15-30-16-14-24)19-23(27)25(17-21-7-5-4-6-8-21)18-22-10-9-20(2)31-22/h4-10H,3,11-19H2,1-2H3. The molecule has 7 nitrogen and oxygen atoms in total. The lowest BCUT2D eigenvalue weighted by Gasteiger charge is -2.30. The molecular formula is C23H33N3O4S2. The highest BCUT2D eigenvalue weighted by atomic mass is 32.2. The third-order valence-electron chi connectivity index (χ3n) is 5.55. The van der Waals surface area contributed by atoms with Crippen LogP contribution in [0.3, 0.4) is 0 Å². The maximum absolute atomic E-state index is 13.4. The molecule has 9 heteroatoms. The van der Waals surface area contributed by atoms with Gasteiger partial charge in [0.2, 0.25) is 15.9 Å². The van der Waals surface area contributed by atoms with E-state index < -0.39 is 10.0 Å². The molecule has 1 aliphatic rings. The molecule has 1 saturated heterocycles. The second-order valence-electron chi connectivity index (χ2n) is 7.94. The number of carbonyl (C=O) groups excluding carboxylic acids is 1. The first kappa shape index (κ1) is 24.9. The highest BCUT2D eigenvalue weighted by Gasteiger charge is 2.27. The molecule has 1 aromatic heterocycles. The van der Waals surface area contributed by atoms with Crippen LogP contribution in [-0.2, 0) is 32.6 Å². The van der Waals surface area contributed by atoms with Crippen molar-refractivity contribution in [3.05, 3.63) is 57.8 Å². The van der Waals surface area contributed by atoms with Crippen molar-refractivity contribution in [3.63, 3.8) is 0 Å². The summed E-state index contributed by atoms with van der Waals surface area (Å²) in [5, 5.41) is 0. The molecular weight excluding hydrogens is 446 g/mol. The second-order valence-corrected chi connectivity index (χ2v) is 11.6. The summed E-state index contributed by atoms with van der Waals surface area (Å²) in [6.07, 6.45) is 0. The van der Waals surface area contributed by atoms with Gasteiger partial charge < -0.3 is 9.64 Å². The monoisotopic (exact) mass is 479 g/mol. The Balaban J connectivity index is 1.73. The van der Waals surface area contributed by atoms with Gasteiger partial charge in [-0.25, -0.2) is 8.42 Å². The first-order valence-electron chi connectivity index (χ1n) is 11.0. The molecule has 0 saturated carbocycles. The number of aryl methyl sites for hydroxylation is 1. The summed E-state index contributed by atoms with van der Waals surface area (Å²) in [7, 11) is -3.50. The lowest BCUT2D eigenvalue weighted by Crippen LogP contribution is -2.47. The Kier molecular flexibility index (Phi) is 9.24. The van der Waals surface area contributed by atoms with Gasteiger partial charge in [-0.1, -0.05) is 30.3 Å². The van der Waals surface area contributed by atoms with Crippen LogP contribution >= 0.6 is 11.3 Å². The van der Waals surface area contributed by atoms with Crippen LogP contribution < -0.4 is 0 Å². The smallest absolute Gasteiger partial charge is 0.238 e. The topological polar surface area (TPSA) is 70.2 Å². The molecule has 0 spiro atoms. The average molecular weight is 480 g/mol. The van der Waals surface area contributed by atoms with Crippen molar-refractivity contribution in [1.82, 2.24) is 14.1 Å². The van der Waals surface area contributed by atoms with Gasteiger partial charge in [-0.05, 0) is 31.5 Å². The number of nitrogens with zero attached hydrogens (tertiary/aromatic N) is 3. The summed E-state index contributed by atoms with van der Waals surface area (Å²) >= 11 is 1.66. The quantitative estimate of drug-likeness (QED) is 0.495. The summed E-state index contributed by atoms with van der Waals surface area (Å²) in [5.41, 5.74) is 1.02. The van der Waals surface area contributed by atoms with Crippen LogP contribution in [0.5, 0.6) is 0 Å². The number of ether oxygens (including phenoxy) is 1. The molecule has 2 heterocycles. The molecule has 176 valence electrons. The summed E-state index contributed by atoms with van der Waals surface area (Å²) in [5.74, 6) is -0.203. The van der Waals surface area contributed by atoms with E-state index in [1.165, 1.54) is 9.18 Å². The first-order valence-corrected chi connectivity index (χ1v) is 13.4. The largest absolute Gasteiger partial charge is 0.379 e. The fourth-order valence-electron chi connectivity index (χ4n) is 3.62. The minimum atomic E-state index is -3.50. The predicted octanol–water partition coefficient (Wildman–Crippen LogP) is 2.57. The average Bonchev–Trinajstić information content (AvgIpc) is 3.21. The van der Waals surface area contributed by atoms with Gasteiger partial charge in [-0.2, -0.15) is 4.31 Å². The maximum Gasteiger partial charge on any atom is 0.238 e. The van der Waals surface area contributed by atoms with E-state index in [0.717, 1.165) is 23.5 Å². The molecule has 0 N–H and O–H groups in total. The molecule has 1 fully saturated rings. The predicted molar refractivity (Wildman–Crippen MR) is 128 cm³/mol. The van der Waals surface area contributed by atoms with E-state index in [4.69, 9.17) is 4.74 Å². The number of hydrogen-bond donors (Lipinski definition) is 0. The molecule has 1 amide bonds. The van der Waals surface area contributed by atoms with Crippen molar-refractivity contribution in [2.45, 2.75) is 26.9 Å². The van der Waals surface area contributed by atoms with E-state index in [1.54, 1.807) is 23.2 Å². The van der Waals surface area contributed by atoms with Crippen molar-refractivity contribution in [1.29, 1.82) is 0 Å². The van der Waals surface area contributed by atoms with Gasteiger partial charge in [0.1, 0.15) is 0 Å². The first-order chi connectivity index (χ1) is 15.4. The van der Waals surface area contributed by atoms with Crippen LogP contribution in [0.2, 0.25) is 0 Å². The van der Waals surface area contributed by atoms with Crippen molar-refractivity contribution < 1.29 is 17.9 Å². The van der Waals surface area contributed by atoms with Crippen LogP contribution in [0.25, 0.3) is 0 Å².